The lowest BCUT2D eigenvalue weighted by atomic mass is 10.4. The quantitative estimate of drug-likeness (QED) is 0.752. The summed E-state index contributed by atoms with van der Waals surface area (Å²) in [4.78, 5) is 0. The number of alkyl halides is 1. The van der Waals surface area contributed by atoms with Crippen molar-refractivity contribution in [3.05, 3.63) is 15.5 Å². The largest absolute Gasteiger partial charge is 0.355 e. The van der Waals surface area contributed by atoms with Crippen LogP contribution in [0.5, 0.6) is 0 Å². The lowest BCUT2D eigenvalue weighted by molar-refractivity contribution is 0.450. The van der Waals surface area contributed by atoms with Crippen molar-refractivity contribution in [1.82, 2.24) is 5.16 Å². The zero-order valence-corrected chi connectivity index (χ0v) is 9.29. The number of hydrogen-bond acceptors (Lipinski definition) is 3. The fourth-order valence-electron chi connectivity index (χ4n) is 0.846. The zero-order valence-electron chi connectivity index (χ0n) is 5.30. The highest BCUT2D eigenvalue weighted by molar-refractivity contribution is 9.11. The van der Waals surface area contributed by atoms with E-state index < -0.39 is 0 Å². The predicted molar refractivity (Wildman–Crippen MR) is 52.2 cm³/mol. The number of nitrogens with zero attached hydrogens (tertiary/aromatic N) is 1. The molecule has 0 bridgehead atoms. The van der Waals surface area contributed by atoms with Gasteiger partial charge in [0.15, 0.2) is 5.58 Å². The third-order valence-corrected chi connectivity index (χ3v) is 3.51. The van der Waals surface area contributed by atoms with Crippen LogP contribution in [0.2, 0.25) is 0 Å². The summed E-state index contributed by atoms with van der Waals surface area (Å²) in [7, 11) is 0. The van der Waals surface area contributed by atoms with Crippen LogP contribution in [0.3, 0.4) is 0 Å². The van der Waals surface area contributed by atoms with Crippen molar-refractivity contribution in [2.24, 2.45) is 0 Å². The molecule has 2 rings (SSSR count). The van der Waals surface area contributed by atoms with Crippen molar-refractivity contribution in [3.63, 3.8) is 0 Å². The molecule has 0 fully saturated rings. The molecule has 0 unspecified atom stereocenters. The van der Waals surface area contributed by atoms with Crippen LogP contribution in [-0.4, -0.2) is 5.16 Å². The second-order valence-corrected chi connectivity index (χ2v) is 5.00. The fraction of sp³-hybridized carbons (Fsp3) is 0.167. The molecule has 0 saturated carbocycles. The van der Waals surface area contributed by atoms with Crippen LogP contribution in [0.1, 0.15) is 5.69 Å². The third kappa shape index (κ3) is 1.25. The van der Waals surface area contributed by atoms with E-state index >= 15 is 0 Å². The molecule has 0 saturated heterocycles. The van der Waals surface area contributed by atoms with E-state index in [4.69, 9.17) is 4.52 Å². The summed E-state index contributed by atoms with van der Waals surface area (Å²) >= 11 is 8.36. The maximum absolute atomic E-state index is 5.06. The van der Waals surface area contributed by atoms with Crippen LogP contribution in [0.25, 0.3) is 10.3 Å². The normalized spacial score (nSPS) is 11.1. The van der Waals surface area contributed by atoms with Gasteiger partial charge in [0.1, 0.15) is 5.69 Å². The molecule has 2 aromatic rings. The Labute approximate surface area is 83.8 Å². The summed E-state index contributed by atoms with van der Waals surface area (Å²) in [6.45, 7) is 0. The summed E-state index contributed by atoms with van der Waals surface area (Å²) in [5.74, 6) is 0. The number of hydrogen-bond donors (Lipinski definition) is 0. The van der Waals surface area contributed by atoms with Gasteiger partial charge in [0.05, 0.1) is 13.8 Å². The van der Waals surface area contributed by atoms with Gasteiger partial charge >= 0.3 is 0 Å². The summed E-state index contributed by atoms with van der Waals surface area (Å²) in [5, 5.41) is 4.63. The molecule has 0 radical (unpaired) electrons. The van der Waals surface area contributed by atoms with E-state index in [2.05, 4.69) is 37.0 Å². The molecule has 2 heterocycles. The molecule has 0 aliphatic carbocycles. The Kier molecular flexibility index (Phi) is 2.03. The van der Waals surface area contributed by atoms with E-state index in [-0.39, 0.29) is 0 Å². The van der Waals surface area contributed by atoms with Crippen LogP contribution in [0, 0.1) is 0 Å². The van der Waals surface area contributed by atoms with Gasteiger partial charge < -0.3 is 4.52 Å². The smallest absolute Gasteiger partial charge is 0.179 e. The molecular weight excluding hydrogens is 294 g/mol. The van der Waals surface area contributed by atoms with Gasteiger partial charge in [-0.2, -0.15) is 0 Å². The summed E-state index contributed by atoms with van der Waals surface area (Å²) < 4.78 is 7.26. The molecule has 0 aromatic carbocycles. The van der Waals surface area contributed by atoms with Crippen molar-refractivity contribution in [3.8, 4) is 0 Å². The van der Waals surface area contributed by atoms with Crippen LogP contribution in [0.4, 0.5) is 0 Å². The highest BCUT2D eigenvalue weighted by Gasteiger charge is 2.09. The predicted octanol–water partition coefficient (Wildman–Crippen LogP) is 3.55. The maximum atomic E-state index is 5.06. The van der Waals surface area contributed by atoms with Gasteiger partial charge in [-0.05, 0) is 15.9 Å². The standard InChI is InChI=1S/C6H3Br2NOS/c7-2-3-6-4(10-9-3)1-5(8)11-6/h1H,2H2. The number of thiophene rings is 1. The molecule has 0 N–H and O–H groups in total. The third-order valence-electron chi connectivity index (χ3n) is 1.31. The van der Waals surface area contributed by atoms with E-state index in [9.17, 15) is 0 Å². The topological polar surface area (TPSA) is 26.0 Å². The van der Waals surface area contributed by atoms with Gasteiger partial charge in [-0.15, -0.1) is 11.3 Å². The van der Waals surface area contributed by atoms with Gasteiger partial charge in [-0.25, -0.2) is 0 Å². The maximum Gasteiger partial charge on any atom is 0.179 e. The fourth-order valence-corrected chi connectivity index (χ4v) is 2.89. The number of rotatable bonds is 1. The van der Waals surface area contributed by atoms with Gasteiger partial charge in [0.25, 0.3) is 0 Å². The van der Waals surface area contributed by atoms with Gasteiger partial charge in [0, 0.05) is 6.07 Å². The average molecular weight is 297 g/mol. The minimum Gasteiger partial charge on any atom is -0.355 e. The first kappa shape index (κ1) is 7.76. The Morgan fingerprint density at radius 3 is 3.18 bits per heavy atom. The molecule has 2 aromatic heterocycles. The van der Waals surface area contributed by atoms with E-state index in [1.54, 1.807) is 11.3 Å². The second-order valence-electron chi connectivity index (χ2n) is 2.01. The molecule has 2 nitrogen and oxygen atoms in total. The Morgan fingerprint density at radius 2 is 2.45 bits per heavy atom. The SMILES string of the molecule is BrCc1noc2cc(Br)sc12. The zero-order chi connectivity index (χ0) is 7.84. The number of halogens is 2. The molecule has 0 amide bonds. The van der Waals surface area contributed by atoms with E-state index in [0.717, 1.165) is 25.1 Å². The van der Waals surface area contributed by atoms with Crippen LogP contribution in [-0.2, 0) is 5.33 Å². The van der Waals surface area contributed by atoms with E-state index in [0.29, 0.717) is 0 Å². The highest BCUT2D eigenvalue weighted by atomic mass is 79.9. The van der Waals surface area contributed by atoms with Crippen molar-refractivity contribution in [1.29, 1.82) is 0 Å². The van der Waals surface area contributed by atoms with Gasteiger partial charge in [-0.3, -0.25) is 0 Å². The molecule has 11 heavy (non-hydrogen) atoms. The Balaban J connectivity index is 2.73. The van der Waals surface area contributed by atoms with Crippen molar-refractivity contribution in [2.45, 2.75) is 5.33 Å². The summed E-state index contributed by atoms with van der Waals surface area (Å²) in [6, 6.07) is 1.93. The Hall–Kier alpha value is 0.130. The Bertz CT molecular complexity index is 381. The second kappa shape index (κ2) is 2.88. The molecule has 0 spiro atoms. The molecular formula is C6H3Br2NOS. The van der Waals surface area contributed by atoms with Crippen LogP contribution < -0.4 is 0 Å². The number of fused-ring (bicyclic) bond motifs is 1. The van der Waals surface area contributed by atoms with Crippen LogP contribution in [0.15, 0.2) is 14.4 Å². The monoisotopic (exact) mass is 295 g/mol. The first-order valence-electron chi connectivity index (χ1n) is 2.91. The highest BCUT2D eigenvalue weighted by Crippen LogP contribution is 2.32. The minimum atomic E-state index is 0.743. The minimum absolute atomic E-state index is 0.743. The van der Waals surface area contributed by atoms with Gasteiger partial charge in [0.2, 0.25) is 0 Å². The molecule has 0 aliphatic rings. The molecule has 0 atom stereocenters. The summed E-state index contributed by atoms with van der Waals surface area (Å²) in [5.41, 5.74) is 1.83. The first-order valence-corrected chi connectivity index (χ1v) is 5.64. The lowest BCUT2D eigenvalue weighted by Crippen LogP contribution is -1.71. The number of aromatic nitrogens is 1. The summed E-state index contributed by atoms with van der Waals surface area (Å²) in [6.07, 6.45) is 0. The van der Waals surface area contributed by atoms with Crippen molar-refractivity contribution < 1.29 is 4.52 Å². The molecule has 5 heteroatoms. The Morgan fingerprint density at radius 1 is 1.64 bits per heavy atom. The van der Waals surface area contributed by atoms with E-state index in [1.807, 2.05) is 6.07 Å². The van der Waals surface area contributed by atoms with Crippen LogP contribution >= 0.6 is 43.2 Å². The van der Waals surface area contributed by atoms with Crippen molar-refractivity contribution >= 4 is 53.5 Å². The van der Waals surface area contributed by atoms with Crippen molar-refractivity contribution in [2.75, 3.05) is 0 Å². The molecule has 0 aliphatic heterocycles. The van der Waals surface area contributed by atoms with Gasteiger partial charge in [-0.1, -0.05) is 21.1 Å². The molecule has 58 valence electrons. The lowest BCUT2D eigenvalue weighted by Gasteiger charge is -1.79. The first-order chi connectivity index (χ1) is 5.31. The van der Waals surface area contributed by atoms with E-state index in [1.165, 1.54) is 0 Å². The average Bonchev–Trinajstić information content (AvgIpc) is 2.45.